The highest BCUT2D eigenvalue weighted by Gasteiger charge is 2.19. The SMILES string of the molecule is CSSC(C)(C)CCC(=O)Nc1cc(CO)cc(CO)c1. The first kappa shape index (κ1) is 18.4. The molecule has 1 aromatic rings. The van der Waals surface area contributed by atoms with Crippen molar-refractivity contribution in [2.75, 3.05) is 11.6 Å². The molecule has 6 heteroatoms. The number of anilines is 1. The zero-order valence-corrected chi connectivity index (χ0v) is 14.3. The number of rotatable bonds is 8. The van der Waals surface area contributed by atoms with Gasteiger partial charge in [0.15, 0.2) is 0 Å². The summed E-state index contributed by atoms with van der Waals surface area (Å²) in [5, 5.41) is 21.2. The molecule has 1 amide bonds. The largest absolute Gasteiger partial charge is 0.392 e. The molecule has 0 aliphatic heterocycles. The molecule has 3 N–H and O–H groups in total. The van der Waals surface area contributed by atoms with Crippen molar-refractivity contribution < 1.29 is 15.0 Å². The summed E-state index contributed by atoms with van der Waals surface area (Å²) < 4.78 is 0.0555. The Labute approximate surface area is 134 Å². The van der Waals surface area contributed by atoms with Crippen molar-refractivity contribution in [1.29, 1.82) is 0 Å². The molecule has 4 nitrogen and oxygen atoms in total. The van der Waals surface area contributed by atoms with Crippen LogP contribution in [-0.2, 0) is 18.0 Å². The van der Waals surface area contributed by atoms with Crippen LogP contribution in [0.3, 0.4) is 0 Å². The summed E-state index contributed by atoms with van der Waals surface area (Å²) in [4.78, 5) is 12.0. The van der Waals surface area contributed by atoms with Gasteiger partial charge in [0.1, 0.15) is 0 Å². The third-order valence-electron chi connectivity index (χ3n) is 2.96. The van der Waals surface area contributed by atoms with E-state index in [0.717, 1.165) is 6.42 Å². The maximum atomic E-state index is 12.0. The van der Waals surface area contributed by atoms with Crippen LogP contribution in [-0.4, -0.2) is 27.1 Å². The molecule has 0 aliphatic rings. The van der Waals surface area contributed by atoms with Crippen LogP contribution < -0.4 is 5.32 Å². The molecule has 1 aromatic carbocycles. The number of hydrogen-bond donors (Lipinski definition) is 3. The van der Waals surface area contributed by atoms with Gasteiger partial charge in [0.05, 0.1) is 13.2 Å². The molecule has 0 fully saturated rings. The van der Waals surface area contributed by atoms with E-state index >= 15 is 0 Å². The van der Waals surface area contributed by atoms with Crippen LogP contribution >= 0.6 is 21.6 Å². The maximum absolute atomic E-state index is 12.0. The Kier molecular flexibility index (Phi) is 7.59. The Balaban J connectivity index is 2.62. The van der Waals surface area contributed by atoms with Crippen molar-refractivity contribution in [2.24, 2.45) is 0 Å². The smallest absolute Gasteiger partial charge is 0.224 e. The fourth-order valence-corrected chi connectivity index (χ4v) is 4.16. The summed E-state index contributed by atoms with van der Waals surface area (Å²) in [6, 6.07) is 5.16. The minimum atomic E-state index is -0.117. The zero-order chi connectivity index (χ0) is 15.9. The van der Waals surface area contributed by atoms with Gasteiger partial charge in [-0.3, -0.25) is 4.79 Å². The monoisotopic (exact) mass is 329 g/mol. The van der Waals surface area contributed by atoms with Crippen molar-refractivity contribution in [3.63, 3.8) is 0 Å². The number of nitrogens with one attached hydrogen (secondary N) is 1. The molecule has 0 aromatic heterocycles. The summed E-state index contributed by atoms with van der Waals surface area (Å²) in [5.41, 5.74) is 1.97. The van der Waals surface area contributed by atoms with Crippen molar-refractivity contribution in [1.82, 2.24) is 0 Å². The fourth-order valence-electron chi connectivity index (χ4n) is 1.92. The molecule has 0 atom stereocenters. The number of benzene rings is 1. The number of carbonyl (C=O) groups is 1. The normalized spacial score (nSPS) is 11.5. The molecule has 0 bridgehead atoms. The minimum Gasteiger partial charge on any atom is -0.392 e. The van der Waals surface area contributed by atoms with E-state index in [4.69, 9.17) is 0 Å². The topological polar surface area (TPSA) is 69.6 Å². The highest BCUT2D eigenvalue weighted by molar-refractivity contribution is 8.76. The Morgan fingerprint density at radius 2 is 1.76 bits per heavy atom. The van der Waals surface area contributed by atoms with Gasteiger partial charge in [-0.25, -0.2) is 0 Å². The summed E-state index contributed by atoms with van der Waals surface area (Å²) in [6.45, 7) is 4.01. The van der Waals surface area contributed by atoms with Crippen molar-refractivity contribution in [3.05, 3.63) is 29.3 Å². The number of aliphatic hydroxyl groups excluding tert-OH is 2. The summed E-state index contributed by atoms with van der Waals surface area (Å²) >= 11 is 0. The molecular formula is C15H23NO3S2. The molecule has 0 radical (unpaired) electrons. The molecule has 0 aliphatic carbocycles. The van der Waals surface area contributed by atoms with Crippen LogP contribution in [0.5, 0.6) is 0 Å². The maximum Gasteiger partial charge on any atom is 0.224 e. The molecule has 0 saturated carbocycles. The van der Waals surface area contributed by atoms with Gasteiger partial charge in [0, 0.05) is 16.9 Å². The highest BCUT2D eigenvalue weighted by Crippen LogP contribution is 2.37. The average Bonchev–Trinajstić information content (AvgIpc) is 2.44. The second kappa shape index (κ2) is 8.68. The van der Waals surface area contributed by atoms with Gasteiger partial charge < -0.3 is 15.5 Å². The predicted molar refractivity (Wildman–Crippen MR) is 91.3 cm³/mol. The van der Waals surface area contributed by atoms with Crippen molar-refractivity contribution in [2.45, 2.75) is 44.6 Å². The van der Waals surface area contributed by atoms with Crippen LogP contribution in [0.4, 0.5) is 5.69 Å². The number of aliphatic hydroxyl groups is 2. The van der Waals surface area contributed by atoms with Gasteiger partial charge in [0.25, 0.3) is 0 Å². The third kappa shape index (κ3) is 6.74. The van der Waals surface area contributed by atoms with Gasteiger partial charge >= 0.3 is 0 Å². The van der Waals surface area contributed by atoms with Gasteiger partial charge in [-0.2, -0.15) is 0 Å². The van der Waals surface area contributed by atoms with E-state index < -0.39 is 0 Å². The van der Waals surface area contributed by atoms with E-state index in [0.29, 0.717) is 23.2 Å². The van der Waals surface area contributed by atoms with Gasteiger partial charge in [0.2, 0.25) is 5.91 Å². The van der Waals surface area contributed by atoms with E-state index in [-0.39, 0.29) is 23.9 Å². The summed E-state index contributed by atoms with van der Waals surface area (Å²) in [7, 11) is 3.47. The predicted octanol–water partition coefficient (Wildman–Crippen LogP) is 3.18. The first-order valence-corrected chi connectivity index (χ1v) is 9.32. The first-order valence-electron chi connectivity index (χ1n) is 6.76. The Bertz CT molecular complexity index is 456. The standard InChI is InChI=1S/C15H23NO3S2/c1-15(2,21-20-3)5-4-14(19)16-13-7-11(9-17)6-12(8-13)10-18/h6-8,17-18H,4-5,9-10H2,1-3H3,(H,16,19). The van der Waals surface area contributed by atoms with E-state index in [1.165, 1.54) is 0 Å². The number of hydrogen-bond acceptors (Lipinski definition) is 5. The zero-order valence-electron chi connectivity index (χ0n) is 12.7. The summed E-state index contributed by atoms with van der Waals surface area (Å²) in [6.07, 6.45) is 3.26. The first-order chi connectivity index (χ1) is 9.90. The van der Waals surface area contributed by atoms with E-state index in [1.54, 1.807) is 39.8 Å². The van der Waals surface area contributed by atoms with E-state index in [2.05, 4.69) is 19.2 Å². The Morgan fingerprint density at radius 1 is 1.19 bits per heavy atom. The van der Waals surface area contributed by atoms with Crippen LogP contribution in [0, 0.1) is 0 Å². The lowest BCUT2D eigenvalue weighted by atomic mass is 10.1. The number of amides is 1. The molecule has 0 unspecified atom stereocenters. The second-order valence-electron chi connectivity index (χ2n) is 5.41. The summed E-state index contributed by atoms with van der Waals surface area (Å²) in [5.74, 6) is -0.0521. The Morgan fingerprint density at radius 3 is 2.24 bits per heavy atom. The van der Waals surface area contributed by atoms with Crippen molar-refractivity contribution in [3.8, 4) is 0 Å². The third-order valence-corrected chi connectivity index (χ3v) is 5.64. The molecule has 21 heavy (non-hydrogen) atoms. The van der Waals surface area contributed by atoms with Crippen LogP contribution in [0.15, 0.2) is 18.2 Å². The van der Waals surface area contributed by atoms with Crippen molar-refractivity contribution >= 4 is 33.2 Å². The van der Waals surface area contributed by atoms with Gasteiger partial charge in [-0.15, -0.1) is 0 Å². The number of carbonyl (C=O) groups excluding carboxylic acids is 1. The van der Waals surface area contributed by atoms with Gasteiger partial charge in [-0.1, -0.05) is 27.7 Å². The second-order valence-corrected chi connectivity index (χ2v) is 8.52. The molecule has 0 heterocycles. The molecule has 118 valence electrons. The molecular weight excluding hydrogens is 306 g/mol. The minimum absolute atomic E-state index is 0.0521. The van der Waals surface area contributed by atoms with Crippen LogP contribution in [0.2, 0.25) is 0 Å². The lowest BCUT2D eigenvalue weighted by Gasteiger charge is -2.21. The Hall–Kier alpha value is -0.690. The fraction of sp³-hybridized carbons (Fsp3) is 0.533. The average molecular weight is 329 g/mol. The van der Waals surface area contributed by atoms with Gasteiger partial charge in [-0.05, 0) is 49.8 Å². The lowest BCUT2D eigenvalue weighted by Crippen LogP contribution is -2.19. The molecule has 1 rings (SSSR count). The van der Waals surface area contributed by atoms with Crippen LogP contribution in [0.1, 0.15) is 37.8 Å². The van der Waals surface area contributed by atoms with E-state index in [1.807, 2.05) is 6.26 Å². The highest BCUT2D eigenvalue weighted by atomic mass is 33.1. The lowest BCUT2D eigenvalue weighted by molar-refractivity contribution is -0.116. The quantitative estimate of drug-likeness (QED) is 0.639. The van der Waals surface area contributed by atoms with E-state index in [9.17, 15) is 15.0 Å². The molecule has 0 spiro atoms. The molecule has 0 saturated heterocycles. The van der Waals surface area contributed by atoms with Crippen LogP contribution in [0.25, 0.3) is 0 Å².